The first-order valence-electron chi connectivity index (χ1n) is 15.2. The SMILES string of the molecule is S=P(c1ccccc1)(c1ccccc1)c1ccc(-c2cnc(-c3ccc4c(c3)Sc3cccc5c6ccccc6n-4c35)nc2)cc1. The summed E-state index contributed by atoms with van der Waals surface area (Å²) in [4.78, 5) is 12.1. The Hall–Kier alpha value is -4.80. The van der Waals surface area contributed by atoms with Crippen molar-refractivity contribution in [1.82, 2.24) is 14.5 Å². The van der Waals surface area contributed by atoms with E-state index in [1.807, 2.05) is 36.3 Å². The Kier molecular flexibility index (Phi) is 6.53. The van der Waals surface area contributed by atoms with E-state index in [1.165, 1.54) is 53.2 Å². The van der Waals surface area contributed by atoms with E-state index in [9.17, 15) is 0 Å². The van der Waals surface area contributed by atoms with Crippen LogP contribution in [0.25, 0.3) is 50.0 Å². The van der Waals surface area contributed by atoms with Gasteiger partial charge in [0.2, 0.25) is 0 Å². The van der Waals surface area contributed by atoms with Crippen molar-refractivity contribution in [3.63, 3.8) is 0 Å². The van der Waals surface area contributed by atoms with Crippen LogP contribution in [0, 0.1) is 0 Å². The van der Waals surface area contributed by atoms with Gasteiger partial charge in [-0.15, -0.1) is 0 Å². The van der Waals surface area contributed by atoms with Crippen molar-refractivity contribution < 1.29 is 0 Å². The Labute approximate surface area is 276 Å². The molecule has 6 heteroatoms. The van der Waals surface area contributed by atoms with Crippen LogP contribution in [0.1, 0.15) is 0 Å². The third-order valence-electron chi connectivity index (χ3n) is 8.79. The quantitative estimate of drug-likeness (QED) is 0.175. The molecule has 0 amide bonds. The zero-order valence-electron chi connectivity index (χ0n) is 24.6. The van der Waals surface area contributed by atoms with Crippen LogP contribution in [-0.4, -0.2) is 14.5 Å². The van der Waals surface area contributed by atoms with Gasteiger partial charge in [0, 0.05) is 50.1 Å². The maximum Gasteiger partial charge on any atom is 0.159 e. The zero-order chi connectivity index (χ0) is 30.7. The average Bonchev–Trinajstić information content (AvgIpc) is 3.48. The fourth-order valence-corrected chi connectivity index (χ4v) is 11.4. The van der Waals surface area contributed by atoms with Crippen LogP contribution >= 0.6 is 17.8 Å². The Morgan fingerprint density at radius 1 is 0.522 bits per heavy atom. The number of benzene rings is 6. The molecule has 3 nitrogen and oxygen atoms in total. The van der Waals surface area contributed by atoms with Gasteiger partial charge in [-0.05, 0) is 51.8 Å². The number of aromatic nitrogens is 3. The second-order valence-corrected chi connectivity index (χ2v) is 16.9. The van der Waals surface area contributed by atoms with E-state index in [0.717, 1.165) is 16.7 Å². The predicted molar refractivity (Wildman–Crippen MR) is 197 cm³/mol. The minimum atomic E-state index is -2.19. The lowest BCUT2D eigenvalue weighted by Gasteiger charge is -2.24. The van der Waals surface area contributed by atoms with E-state index in [-0.39, 0.29) is 0 Å². The van der Waals surface area contributed by atoms with E-state index in [4.69, 9.17) is 21.8 Å². The summed E-state index contributed by atoms with van der Waals surface area (Å²) < 4.78 is 2.40. The number of fused-ring (bicyclic) bond motifs is 5. The lowest BCUT2D eigenvalue weighted by Crippen LogP contribution is -2.24. The molecule has 0 aliphatic carbocycles. The van der Waals surface area contributed by atoms with Gasteiger partial charge in [0.05, 0.1) is 16.7 Å². The van der Waals surface area contributed by atoms with Gasteiger partial charge in [0.25, 0.3) is 0 Å². The molecule has 0 saturated heterocycles. The summed E-state index contributed by atoms with van der Waals surface area (Å²) in [7, 11) is 0. The van der Waals surface area contributed by atoms with Gasteiger partial charge in [-0.25, -0.2) is 9.97 Å². The van der Waals surface area contributed by atoms with Crippen molar-refractivity contribution in [1.29, 1.82) is 0 Å². The number of para-hydroxylation sites is 2. The molecule has 46 heavy (non-hydrogen) atoms. The van der Waals surface area contributed by atoms with Gasteiger partial charge < -0.3 is 4.57 Å². The highest BCUT2D eigenvalue weighted by Crippen LogP contribution is 2.47. The van der Waals surface area contributed by atoms with Crippen LogP contribution in [0.15, 0.2) is 168 Å². The molecule has 8 aromatic rings. The molecule has 0 unspecified atom stereocenters. The maximum absolute atomic E-state index is 6.52. The van der Waals surface area contributed by atoms with Crippen LogP contribution in [0.2, 0.25) is 0 Å². The van der Waals surface area contributed by atoms with Crippen LogP contribution in [0.5, 0.6) is 0 Å². The topological polar surface area (TPSA) is 30.7 Å². The van der Waals surface area contributed by atoms with Crippen LogP contribution in [-0.2, 0) is 11.8 Å². The van der Waals surface area contributed by atoms with Crippen LogP contribution in [0.4, 0.5) is 0 Å². The first-order valence-corrected chi connectivity index (χ1v) is 18.8. The highest BCUT2D eigenvalue weighted by atomic mass is 32.4. The summed E-state index contributed by atoms with van der Waals surface area (Å²) >= 11 is 8.33. The van der Waals surface area contributed by atoms with Crippen molar-refractivity contribution >= 4 is 67.3 Å². The van der Waals surface area contributed by atoms with Crippen LogP contribution in [0.3, 0.4) is 0 Å². The summed E-state index contributed by atoms with van der Waals surface area (Å²) in [5, 5.41) is 6.13. The third kappa shape index (κ3) is 4.31. The first kappa shape index (κ1) is 27.5. The lowest BCUT2D eigenvalue weighted by atomic mass is 10.1. The highest BCUT2D eigenvalue weighted by Gasteiger charge is 2.25. The lowest BCUT2D eigenvalue weighted by molar-refractivity contribution is 1.09. The Morgan fingerprint density at radius 3 is 1.85 bits per heavy atom. The molecule has 3 heterocycles. The molecule has 0 spiro atoms. The molecular weight excluding hydrogens is 618 g/mol. The molecule has 0 fully saturated rings. The smallest absolute Gasteiger partial charge is 0.159 e. The molecule has 0 saturated carbocycles. The van der Waals surface area contributed by atoms with Crippen molar-refractivity contribution in [3.05, 3.63) is 158 Å². The fraction of sp³-hybridized carbons (Fsp3) is 0. The van der Waals surface area contributed by atoms with Crippen molar-refractivity contribution in [2.24, 2.45) is 0 Å². The molecule has 9 rings (SSSR count). The van der Waals surface area contributed by atoms with Crippen molar-refractivity contribution in [2.75, 3.05) is 0 Å². The molecule has 0 bridgehead atoms. The molecular formula is C40H26N3PS2. The summed E-state index contributed by atoms with van der Waals surface area (Å²) in [6.07, 6.45) is 3.85. The van der Waals surface area contributed by atoms with Crippen molar-refractivity contribution in [3.8, 4) is 28.2 Å². The maximum atomic E-state index is 6.52. The predicted octanol–water partition coefficient (Wildman–Crippen LogP) is 9.13. The second kappa shape index (κ2) is 10.9. The van der Waals surface area contributed by atoms with Gasteiger partial charge in [-0.1, -0.05) is 139 Å². The fourth-order valence-electron chi connectivity index (χ4n) is 6.57. The molecule has 0 atom stereocenters. The Balaban J connectivity index is 1.04. The molecule has 6 aromatic carbocycles. The summed E-state index contributed by atoms with van der Waals surface area (Å²) in [5.74, 6) is 0.716. The normalized spacial score (nSPS) is 12.3. The average molecular weight is 644 g/mol. The third-order valence-corrected chi connectivity index (χ3v) is 14.9. The zero-order valence-corrected chi connectivity index (χ0v) is 27.1. The van der Waals surface area contributed by atoms with Gasteiger partial charge in [0.15, 0.2) is 5.82 Å². The molecule has 218 valence electrons. The van der Waals surface area contributed by atoms with E-state index in [0.29, 0.717) is 5.82 Å². The minimum Gasteiger partial charge on any atom is -0.307 e. The summed E-state index contributed by atoms with van der Waals surface area (Å²) in [6, 6.07) is 49.3. The summed E-state index contributed by atoms with van der Waals surface area (Å²) in [6.45, 7) is 0. The van der Waals surface area contributed by atoms with Gasteiger partial charge in [-0.2, -0.15) is 0 Å². The number of rotatable bonds is 5. The standard InChI is InChI=1S/C40H26N3PS2/c45-44(30-10-3-1-4-11-30,31-12-5-2-6-13-31)32-21-18-27(19-22-32)29-25-41-40(42-26-29)28-20-23-36-38(24-28)46-37-17-9-15-34-33-14-7-8-16-35(33)43(36)39(34)37/h1-26H. The second-order valence-electron chi connectivity index (χ2n) is 11.4. The monoisotopic (exact) mass is 643 g/mol. The molecule has 1 aliphatic rings. The number of hydrogen-bond acceptors (Lipinski definition) is 4. The van der Waals surface area contributed by atoms with E-state index >= 15 is 0 Å². The van der Waals surface area contributed by atoms with Crippen LogP contribution < -0.4 is 15.9 Å². The molecule has 1 aliphatic heterocycles. The van der Waals surface area contributed by atoms with E-state index in [2.05, 4.69) is 138 Å². The van der Waals surface area contributed by atoms with Gasteiger partial charge in [0.1, 0.15) is 0 Å². The molecule has 2 aromatic heterocycles. The summed E-state index contributed by atoms with van der Waals surface area (Å²) in [5.41, 5.74) is 6.76. The van der Waals surface area contributed by atoms with E-state index in [1.54, 1.807) is 0 Å². The highest BCUT2D eigenvalue weighted by molar-refractivity contribution is 8.25. The Bertz CT molecular complexity index is 2410. The van der Waals surface area contributed by atoms with Crippen molar-refractivity contribution in [2.45, 2.75) is 9.79 Å². The van der Waals surface area contributed by atoms with Gasteiger partial charge in [-0.3, -0.25) is 0 Å². The largest absolute Gasteiger partial charge is 0.307 e. The minimum absolute atomic E-state index is 0.716. The van der Waals surface area contributed by atoms with E-state index < -0.39 is 6.04 Å². The Morgan fingerprint density at radius 2 is 1.13 bits per heavy atom. The first-order chi connectivity index (χ1) is 22.7. The number of nitrogens with zero attached hydrogens (tertiary/aromatic N) is 3. The number of hydrogen-bond donors (Lipinski definition) is 0. The molecule has 0 radical (unpaired) electrons. The van der Waals surface area contributed by atoms with Gasteiger partial charge >= 0.3 is 0 Å². The molecule has 0 N–H and O–H groups in total.